The Hall–Kier alpha value is -2.90. The van der Waals surface area contributed by atoms with Gasteiger partial charge in [0.2, 0.25) is 0 Å². The maximum atomic E-state index is 13.5. The van der Waals surface area contributed by atoms with Gasteiger partial charge in [0.05, 0.1) is 28.4 Å². The summed E-state index contributed by atoms with van der Waals surface area (Å²) in [7, 11) is 1.65. The van der Waals surface area contributed by atoms with Crippen LogP contribution in [-0.2, 0) is 13.2 Å². The number of carbonyl (C=O) groups is 1. The number of benzene rings is 1. The van der Waals surface area contributed by atoms with E-state index in [0.717, 1.165) is 18.9 Å². The molecular weight excluding hydrogens is 393 g/mol. The number of rotatable bonds is 4. The first-order valence-corrected chi connectivity index (χ1v) is 10.1. The molecule has 0 spiro atoms. The molecule has 0 unspecified atom stereocenters. The number of alkyl halides is 3. The number of hydrogen-bond donors (Lipinski definition) is 1. The molecule has 1 aliphatic carbocycles. The second kappa shape index (κ2) is 8.08. The second-order valence-corrected chi connectivity index (χ2v) is 7.82. The molecule has 0 saturated heterocycles. The third-order valence-corrected chi connectivity index (χ3v) is 5.73. The highest BCUT2D eigenvalue weighted by molar-refractivity contribution is 6.06. The Kier molecular flexibility index (Phi) is 5.49. The Balaban J connectivity index is 1.73. The quantitative estimate of drug-likeness (QED) is 0.654. The Morgan fingerprint density at radius 2 is 1.93 bits per heavy atom. The summed E-state index contributed by atoms with van der Waals surface area (Å²) in [4.78, 5) is 17.4. The number of nitrogens with one attached hydrogen (secondary N) is 1. The van der Waals surface area contributed by atoms with Crippen molar-refractivity contribution in [3.8, 4) is 11.3 Å². The topological polar surface area (TPSA) is 59.8 Å². The molecule has 5 nitrogen and oxygen atoms in total. The average molecular weight is 416 g/mol. The average Bonchev–Trinajstić information content (AvgIpc) is 3.12. The van der Waals surface area contributed by atoms with Gasteiger partial charge in [-0.05, 0) is 30.9 Å². The van der Waals surface area contributed by atoms with Crippen LogP contribution < -0.4 is 5.32 Å². The van der Waals surface area contributed by atoms with Crippen LogP contribution in [0.5, 0.6) is 0 Å². The number of carbonyl (C=O) groups excluding carboxylic acids is 1. The van der Waals surface area contributed by atoms with Gasteiger partial charge >= 0.3 is 6.18 Å². The van der Waals surface area contributed by atoms with Crippen molar-refractivity contribution in [3.63, 3.8) is 0 Å². The largest absolute Gasteiger partial charge is 0.417 e. The molecular formula is C22H23F3N4O. The summed E-state index contributed by atoms with van der Waals surface area (Å²) in [5.41, 5.74) is -0.0907. The molecule has 8 heteroatoms. The minimum Gasteiger partial charge on any atom is -0.352 e. The number of aryl methyl sites for hydroxylation is 1. The van der Waals surface area contributed by atoms with E-state index in [1.54, 1.807) is 7.05 Å². The van der Waals surface area contributed by atoms with Crippen molar-refractivity contribution in [2.45, 2.75) is 38.3 Å². The smallest absolute Gasteiger partial charge is 0.352 e. The number of hydrogen-bond acceptors (Lipinski definition) is 3. The van der Waals surface area contributed by atoms with Crippen molar-refractivity contribution < 1.29 is 18.0 Å². The van der Waals surface area contributed by atoms with Crippen molar-refractivity contribution in [2.75, 3.05) is 6.54 Å². The van der Waals surface area contributed by atoms with Crippen LogP contribution in [0, 0.1) is 5.92 Å². The maximum absolute atomic E-state index is 13.5. The Bertz CT molecular complexity index is 1070. The first-order valence-electron chi connectivity index (χ1n) is 10.1. The van der Waals surface area contributed by atoms with Gasteiger partial charge in [-0.3, -0.25) is 9.48 Å². The van der Waals surface area contributed by atoms with Crippen LogP contribution in [-0.4, -0.2) is 27.2 Å². The molecule has 1 aliphatic rings. The van der Waals surface area contributed by atoms with Crippen LogP contribution in [0.3, 0.4) is 0 Å². The molecule has 2 aromatic heterocycles. The van der Waals surface area contributed by atoms with E-state index in [1.807, 2.05) is 0 Å². The molecule has 4 rings (SSSR count). The minimum atomic E-state index is -4.52. The second-order valence-electron chi connectivity index (χ2n) is 7.82. The van der Waals surface area contributed by atoms with E-state index < -0.39 is 11.7 Å². The van der Waals surface area contributed by atoms with Crippen LogP contribution in [0.15, 0.2) is 36.5 Å². The molecule has 2 heterocycles. The van der Waals surface area contributed by atoms with E-state index in [-0.39, 0.29) is 22.7 Å². The fourth-order valence-electron chi connectivity index (χ4n) is 4.12. The van der Waals surface area contributed by atoms with Crippen LogP contribution >= 0.6 is 0 Å². The van der Waals surface area contributed by atoms with E-state index in [4.69, 9.17) is 0 Å². The van der Waals surface area contributed by atoms with Gasteiger partial charge in [-0.15, -0.1) is 0 Å². The molecule has 1 aromatic carbocycles. The zero-order valence-corrected chi connectivity index (χ0v) is 16.7. The third kappa shape index (κ3) is 4.04. The third-order valence-electron chi connectivity index (χ3n) is 5.73. The molecule has 30 heavy (non-hydrogen) atoms. The lowest BCUT2D eigenvalue weighted by Crippen LogP contribution is -2.30. The van der Waals surface area contributed by atoms with E-state index in [2.05, 4.69) is 15.4 Å². The summed E-state index contributed by atoms with van der Waals surface area (Å²) in [6, 6.07) is 6.70. The number of aromatic nitrogens is 3. The molecule has 1 amide bonds. The molecule has 3 aromatic rings. The number of nitrogens with zero attached hydrogens (tertiary/aromatic N) is 3. The fraction of sp³-hybridized carbons (Fsp3) is 0.409. The van der Waals surface area contributed by atoms with Gasteiger partial charge < -0.3 is 5.32 Å². The molecule has 0 radical (unpaired) electrons. The van der Waals surface area contributed by atoms with Gasteiger partial charge in [-0.2, -0.15) is 18.3 Å². The number of amides is 1. The number of halogens is 3. The molecule has 0 atom stereocenters. The standard InChI is InChI=1S/C22H23F3N4O/c1-29-20-17(13-27-29)16(21(30)26-12-14-7-3-2-4-8-14)11-19(28-20)15-9-5-6-10-18(15)22(23,24)25/h5-6,9-11,13-14H,2-4,7-8,12H2,1H3,(H,26,30). The normalized spacial score (nSPS) is 15.5. The highest BCUT2D eigenvalue weighted by atomic mass is 19.4. The lowest BCUT2D eigenvalue weighted by Gasteiger charge is -2.21. The van der Waals surface area contributed by atoms with Gasteiger partial charge in [0.15, 0.2) is 5.65 Å². The summed E-state index contributed by atoms with van der Waals surface area (Å²) in [6.07, 6.45) is 2.74. The van der Waals surface area contributed by atoms with Crippen molar-refractivity contribution in [1.82, 2.24) is 20.1 Å². The van der Waals surface area contributed by atoms with Crippen molar-refractivity contribution >= 4 is 16.9 Å². The first-order chi connectivity index (χ1) is 14.3. The van der Waals surface area contributed by atoms with Crippen molar-refractivity contribution in [3.05, 3.63) is 47.7 Å². The molecule has 158 valence electrons. The lowest BCUT2D eigenvalue weighted by molar-refractivity contribution is -0.137. The Labute approximate surface area is 172 Å². The first kappa shape index (κ1) is 20.4. The molecule has 0 aliphatic heterocycles. The van der Waals surface area contributed by atoms with E-state index in [0.29, 0.717) is 23.5 Å². The molecule has 1 fully saturated rings. The van der Waals surface area contributed by atoms with E-state index in [1.165, 1.54) is 54.4 Å². The molecule has 1 saturated carbocycles. The van der Waals surface area contributed by atoms with Gasteiger partial charge in [0.25, 0.3) is 5.91 Å². The van der Waals surface area contributed by atoms with Crippen molar-refractivity contribution in [1.29, 1.82) is 0 Å². The predicted molar refractivity (Wildman–Crippen MR) is 108 cm³/mol. The number of fused-ring (bicyclic) bond motifs is 1. The van der Waals surface area contributed by atoms with Gasteiger partial charge in [0, 0.05) is 19.2 Å². The summed E-state index contributed by atoms with van der Waals surface area (Å²) >= 11 is 0. The van der Waals surface area contributed by atoms with Gasteiger partial charge in [0.1, 0.15) is 0 Å². The Morgan fingerprint density at radius 3 is 2.67 bits per heavy atom. The molecule has 1 N–H and O–H groups in total. The van der Waals surface area contributed by atoms with E-state index >= 15 is 0 Å². The van der Waals surface area contributed by atoms with Gasteiger partial charge in [-0.1, -0.05) is 37.5 Å². The Morgan fingerprint density at radius 1 is 1.20 bits per heavy atom. The summed E-state index contributed by atoms with van der Waals surface area (Å²) in [5, 5.41) is 7.63. The van der Waals surface area contributed by atoms with Crippen LogP contribution in [0.4, 0.5) is 13.2 Å². The summed E-state index contributed by atoms with van der Waals surface area (Å²) < 4.78 is 42.1. The SMILES string of the molecule is Cn1ncc2c(C(=O)NCC3CCCCC3)cc(-c3ccccc3C(F)(F)F)nc21. The summed E-state index contributed by atoms with van der Waals surface area (Å²) in [6.45, 7) is 0.567. The van der Waals surface area contributed by atoms with Crippen LogP contribution in [0.2, 0.25) is 0 Å². The number of pyridine rings is 1. The van der Waals surface area contributed by atoms with Crippen LogP contribution in [0.1, 0.15) is 48.0 Å². The monoisotopic (exact) mass is 416 g/mol. The van der Waals surface area contributed by atoms with Crippen molar-refractivity contribution in [2.24, 2.45) is 13.0 Å². The van der Waals surface area contributed by atoms with Gasteiger partial charge in [-0.25, -0.2) is 4.98 Å². The highest BCUT2D eigenvalue weighted by Crippen LogP contribution is 2.37. The summed E-state index contributed by atoms with van der Waals surface area (Å²) in [5.74, 6) is 0.131. The van der Waals surface area contributed by atoms with Crippen LogP contribution in [0.25, 0.3) is 22.3 Å². The zero-order valence-electron chi connectivity index (χ0n) is 16.7. The minimum absolute atomic E-state index is 0.0607. The molecule has 0 bridgehead atoms. The lowest BCUT2D eigenvalue weighted by atomic mass is 9.89. The zero-order chi connectivity index (χ0) is 21.3. The predicted octanol–water partition coefficient (Wildman–Crippen LogP) is 4.96. The highest BCUT2D eigenvalue weighted by Gasteiger charge is 2.34. The van der Waals surface area contributed by atoms with E-state index in [9.17, 15) is 18.0 Å². The fourth-order valence-corrected chi connectivity index (χ4v) is 4.12. The maximum Gasteiger partial charge on any atom is 0.417 e.